The molecule has 2 N–H and O–H groups in total. The van der Waals surface area contributed by atoms with E-state index in [0.717, 1.165) is 11.8 Å². The van der Waals surface area contributed by atoms with E-state index in [1.807, 2.05) is 20.8 Å². The van der Waals surface area contributed by atoms with Gasteiger partial charge in [-0.2, -0.15) is 0 Å². The number of nitrogens with zero attached hydrogens (tertiary/aromatic N) is 2. The Morgan fingerprint density at radius 2 is 1.86 bits per heavy atom. The third kappa shape index (κ3) is 5.00. The number of carboxylic acids is 1. The van der Waals surface area contributed by atoms with Gasteiger partial charge in [0.15, 0.2) is 0 Å². The van der Waals surface area contributed by atoms with Gasteiger partial charge in [0, 0.05) is 6.04 Å². The fraction of sp³-hybridized carbons (Fsp3) is 0.571. The highest BCUT2D eigenvalue weighted by Crippen LogP contribution is 2.22. The van der Waals surface area contributed by atoms with Crippen molar-refractivity contribution >= 4 is 23.6 Å². The van der Waals surface area contributed by atoms with Gasteiger partial charge >= 0.3 is 5.97 Å². The lowest BCUT2D eigenvalue weighted by Crippen LogP contribution is -2.37. The molecule has 0 aliphatic heterocycles. The number of amides is 1. The number of nitrogens with one attached hydrogen (secondary N) is 1. The number of rotatable bonds is 6. The molecule has 1 aromatic rings. The second kappa shape index (κ2) is 7.40. The first-order valence-corrected chi connectivity index (χ1v) is 7.71. The second-order valence-corrected chi connectivity index (χ2v) is 6.19. The summed E-state index contributed by atoms with van der Waals surface area (Å²) in [6.07, 6.45) is 0. The van der Waals surface area contributed by atoms with Crippen LogP contribution in [0.5, 0.6) is 0 Å². The summed E-state index contributed by atoms with van der Waals surface area (Å²) in [7, 11) is 0. The van der Waals surface area contributed by atoms with Crippen LogP contribution in [-0.2, 0) is 4.79 Å². The van der Waals surface area contributed by atoms with Crippen LogP contribution in [0.25, 0.3) is 0 Å². The summed E-state index contributed by atoms with van der Waals surface area (Å²) in [5.41, 5.74) is 0.476. The average molecular weight is 311 g/mol. The highest BCUT2D eigenvalue weighted by Gasteiger charge is 2.19. The Kier molecular flexibility index (Phi) is 6.14. The molecule has 0 spiro atoms. The van der Waals surface area contributed by atoms with E-state index in [2.05, 4.69) is 15.3 Å². The van der Waals surface area contributed by atoms with Crippen molar-refractivity contribution in [2.45, 2.75) is 45.7 Å². The number of aromatic carboxylic acids is 1. The molecule has 0 bridgehead atoms. The molecule has 0 fully saturated rings. The Morgan fingerprint density at radius 1 is 1.24 bits per heavy atom. The zero-order valence-electron chi connectivity index (χ0n) is 12.9. The predicted molar refractivity (Wildman–Crippen MR) is 81.6 cm³/mol. The van der Waals surface area contributed by atoms with Crippen LogP contribution in [0.15, 0.2) is 5.03 Å². The Hall–Kier alpha value is -1.63. The third-order valence-electron chi connectivity index (χ3n) is 3.11. The lowest BCUT2D eigenvalue weighted by molar-refractivity contribution is -0.119. The van der Waals surface area contributed by atoms with Crippen LogP contribution in [-0.4, -0.2) is 38.7 Å². The largest absolute Gasteiger partial charge is 0.478 e. The van der Waals surface area contributed by atoms with Crippen molar-refractivity contribution in [3.05, 3.63) is 17.1 Å². The molecule has 1 atom stereocenters. The van der Waals surface area contributed by atoms with Gasteiger partial charge in [-0.1, -0.05) is 25.6 Å². The molecule has 0 saturated heterocycles. The fourth-order valence-electron chi connectivity index (χ4n) is 1.63. The molecule has 1 heterocycles. The van der Waals surface area contributed by atoms with Crippen LogP contribution in [0.3, 0.4) is 0 Å². The van der Waals surface area contributed by atoms with Gasteiger partial charge in [-0.3, -0.25) is 4.79 Å². The minimum Gasteiger partial charge on any atom is -0.478 e. The number of carboxylic acid groups (broad SMARTS) is 1. The summed E-state index contributed by atoms with van der Waals surface area (Å²) < 4.78 is 0. The van der Waals surface area contributed by atoms with Crippen molar-refractivity contribution in [2.24, 2.45) is 5.92 Å². The number of thioether (sulfide) groups is 1. The summed E-state index contributed by atoms with van der Waals surface area (Å²) in [4.78, 5) is 31.3. The maximum absolute atomic E-state index is 11.9. The minimum atomic E-state index is -1.08. The smallest absolute Gasteiger partial charge is 0.340 e. The molecule has 0 aliphatic carbocycles. The van der Waals surface area contributed by atoms with Crippen LogP contribution in [0.2, 0.25) is 0 Å². The zero-order valence-corrected chi connectivity index (χ0v) is 13.7. The Morgan fingerprint density at radius 3 is 2.38 bits per heavy atom. The molecule has 1 aromatic heterocycles. The van der Waals surface area contributed by atoms with Crippen molar-refractivity contribution < 1.29 is 14.7 Å². The summed E-state index contributed by atoms with van der Waals surface area (Å²) in [5.74, 6) is -0.238. The van der Waals surface area contributed by atoms with E-state index in [0.29, 0.717) is 22.5 Å². The maximum Gasteiger partial charge on any atom is 0.340 e. The number of hydrogen-bond donors (Lipinski definition) is 2. The van der Waals surface area contributed by atoms with Crippen molar-refractivity contribution in [2.75, 3.05) is 5.75 Å². The molecule has 1 unspecified atom stereocenters. The lowest BCUT2D eigenvalue weighted by atomic mass is 10.1. The van der Waals surface area contributed by atoms with Gasteiger partial charge in [-0.25, -0.2) is 14.8 Å². The van der Waals surface area contributed by atoms with E-state index in [-0.39, 0.29) is 23.3 Å². The first-order valence-electron chi connectivity index (χ1n) is 6.73. The standard InChI is InChI=1S/C14H21N3O3S/c1-7(2)8(3)16-11(18)6-21-13-12(14(19)20)9(4)15-10(5)17-13/h7-8H,6H2,1-5H3,(H,16,18)(H,19,20). The normalized spacial score (nSPS) is 12.3. The topological polar surface area (TPSA) is 92.2 Å². The van der Waals surface area contributed by atoms with E-state index >= 15 is 0 Å². The number of carbonyl (C=O) groups is 2. The number of carbonyl (C=O) groups excluding carboxylic acids is 1. The van der Waals surface area contributed by atoms with E-state index < -0.39 is 5.97 Å². The molecule has 21 heavy (non-hydrogen) atoms. The van der Waals surface area contributed by atoms with Crippen LogP contribution >= 0.6 is 11.8 Å². The highest BCUT2D eigenvalue weighted by molar-refractivity contribution is 8.00. The molecule has 0 aliphatic rings. The number of aryl methyl sites for hydroxylation is 2. The van der Waals surface area contributed by atoms with Crippen molar-refractivity contribution in [3.8, 4) is 0 Å². The average Bonchev–Trinajstić information content (AvgIpc) is 2.34. The summed E-state index contributed by atoms with van der Waals surface area (Å²) >= 11 is 1.12. The van der Waals surface area contributed by atoms with Crippen LogP contribution in [0.1, 0.15) is 42.6 Å². The molecule has 1 rings (SSSR count). The molecule has 0 aromatic carbocycles. The first-order chi connectivity index (χ1) is 9.72. The molecule has 116 valence electrons. The van der Waals surface area contributed by atoms with Crippen LogP contribution in [0, 0.1) is 19.8 Å². The number of hydrogen-bond acceptors (Lipinski definition) is 5. The van der Waals surface area contributed by atoms with Crippen molar-refractivity contribution in [3.63, 3.8) is 0 Å². The number of aromatic nitrogens is 2. The van der Waals surface area contributed by atoms with E-state index in [1.54, 1.807) is 13.8 Å². The lowest BCUT2D eigenvalue weighted by Gasteiger charge is -2.17. The summed E-state index contributed by atoms with van der Waals surface area (Å²) in [5, 5.41) is 12.4. The Bertz CT molecular complexity index is 547. The molecule has 1 amide bonds. The van der Waals surface area contributed by atoms with Gasteiger partial charge in [0.05, 0.1) is 11.4 Å². The zero-order chi connectivity index (χ0) is 16.2. The minimum absolute atomic E-state index is 0.0651. The van der Waals surface area contributed by atoms with Gasteiger partial charge in [0.1, 0.15) is 16.4 Å². The van der Waals surface area contributed by atoms with Gasteiger partial charge in [-0.15, -0.1) is 0 Å². The molecular weight excluding hydrogens is 290 g/mol. The molecule has 7 heteroatoms. The van der Waals surface area contributed by atoms with E-state index in [1.165, 1.54) is 0 Å². The summed E-state index contributed by atoms with van der Waals surface area (Å²) in [6, 6.07) is 0.0749. The molecule has 0 saturated carbocycles. The second-order valence-electron chi connectivity index (χ2n) is 5.23. The predicted octanol–water partition coefficient (Wildman–Crippen LogP) is 2.04. The van der Waals surface area contributed by atoms with Crippen molar-refractivity contribution in [1.82, 2.24) is 15.3 Å². The fourth-order valence-corrected chi connectivity index (χ4v) is 2.56. The van der Waals surface area contributed by atoms with Gasteiger partial charge in [-0.05, 0) is 26.7 Å². The van der Waals surface area contributed by atoms with Gasteiger partial charge in [0.2, 0.25) is 5.91 Å². The van der Waals surface area contributed by atoms with E-state index in [4.69, 9.17) is 0 Å². The quantitative estimate of drug-likeness (QED) is 0.617. The van der Waals surface area contributed by atoms with E-state index in [9.17, 15) is 14.7 Å². The molecule has 6 nitrogen and oxygen atoms in total. The SMILES string of the molecule is Cc1nc(C)c(C(=O)O)c(SCC(=O)NC(C)C(C)C)n1. The summed E-state index contributed by atoms with van der Waals surface area (Å²) in [6.45, 7) is 9.32. The Balaban J connectivity index is 2.80. The van der Waals surface area contributed by atoms with Crippen LogP contribution in [0.4, 0.5) is 0 Å². The van der Waals surface area contributed by atoms with Crippen LogP contribution < -0.4 is 5.32 Å². The highest BCUT2D eigenvalue weighted by atomic mass is 32.2. The van der Waals surface area contributed by atoms with Crippen molar-refractivity contribution in [1.29, 1.82) is 0 Å². The van der Waals surface area contributed by atoms with Gasteiger partial charge < -0.3 is 10.4 Å². The van der Waals surface area contributed by atoms with Gasteiger partial charge in [0.25, 0.3) is 0 Å². The first kappa shape index (κ1) is 17.4. The third-order valence-corrected chi connectivity index (χ3v) is 4.09. The molecule has 0 radical (unpaired) electrons. The molecular formula is C14H21N3O3S. The Labute approximate surface area is 128 Å². The maximum atomic E-state index is 11.9. The monoisotopic (exact) mass is 311 g/mol.